The van der Waals surface area contributed by atoms with Gasteiger partial charge in [-0.2, -0.15) is 30.7 Å². The zero-order chi connectivity index (χ0) is 22.6. The molecule has 0 atom stereocenters. The largest absolute Gasteiger partial charge is 0.460 e. The second kappa shape index (κ2) is 8.55. The van der Waals surface area contributed by atoms with Crippen LogP contribution in [-0.4, -0.2) is 30.2 Å². The number of nitrogens with one attached hydrogen (secondary N) is 1. The van der Waals surface area contributed by atoms with Gasteiger partial charge >= 0.3 is 25.6 Å². The van der Waals surface area contributed by atoms with Gasteiger partial charge in [-0.05, 0) is 24.3 Å². The van der Waals surface area contributed by atoms with E-state index < -0.39 is 37.8 Å². The molecule has 30 heavy (non-hydrogen) atoms. The van der Waals surface area contributed by atoms with Crippen molar-refractivity contribution in [1.29, 1.82) is 0 Å². The minimum Gasteiger partial charge on any atom is -0.415 e. The Hall–Kier alpha value is -2.75. The van der Waals surface area contributed by atoms with E-state index in [1.807, 2.05) is 0 Å². The van der Waals surface area contributed by atoms with Crippen molar-refractivity contribution in [1.82, 2.24) is 5.32 Å². The number of benzene rings is 2. The fraction of sp³-hybridized carbons (Fsp3) is 0.235. The van der Waals surface area contributed by atoms with Crippen molar-refractivity contribution in [2.24, 2.45) is 0 Å². The van der Waals surface area contributed by atoms with Gasteiger partial charge in [-0.1, -0.05) is 36.4 Å². The molecule has 0 spiro atoms. The first-order valence-corrected chi connectivity index (χ1v) is 9.70. The predicted octanol–water partition coefficient (Wildman–Crippen LogP) is 5.24. The average Bonchev–Trinajstić information content (AvgIpc) is 2.66. The Bertz CT molecular complexity index is 862. The van der Waals surface area contributed by atoms with Crippen molar-refractivity contribution in [3.05, 3.63) is 60.7 Å². The van der Waals surface area contributed by atoms with Crippen molar-refractivity contribution in [2.45, 2.75) is 18.0 Å². The molecule has 0 heterocycles. The number of hydrogen-bond donors (Lipinski definition) is 1. The van der Waals surface area contributed by atoms with Crippen LogP contribution in [0.15, 0.2) is 60.7 Å². The van der Waals surface area contributed by atoms with Crippen LogP contribution in [-0.2, 0) is 9.36 Å². The third-order valence-corrected chi connectivity index (χ3v) is 4.97. The van der Waals surface area contributed by atoms with Crippen molar-refractivity contribution < 1.29 is 49.1 Å². The van der Waals surface area contributed by atoms with Crippen LogP contribution in [0.2, 0.25) is 0 Å². The van der Waals surface area contributed by atoms with Gasteiger partial charge in [0.25, 0.3) is 5.91 Å². The van der Waals surface area contributed by atoms with Gasteiger partial charge in [-0.15, -0.1) is 0 Å². The van der Waals surface area contributed by atoms with Gasteiger partial charge in [-0.25, -0.2) is 4.57 Å². The molecule has 1 amide bonds. The lowest BCUT2D eigenvalue weighted by Crippen LogP contribution is -2.59. The molecule has 0 saturated carbocycles. The number of para-hydroxylation sites is 2. The van der Waals surface area contributed by atoms with Crippen LogP contribution in [0.3, 0.4) is 0 Å². The summed E-state index contributed by atoms with van der Waals surface area (Å²) in [5, 5.41) is 1.10. The molecule has 0 bridgehead atoms. The quantitative estimate of drug-likeness (QED) is 0.433. The monoisotopic (exact) mass is 459 g/mol. The zero-order valence-electron chi connectivity index (χ0n) is 14.7. The van der Waals surface area contributed by atoms with Crippen LogP contribution in [0.5, 0.6) is 11.5 Å². The Morgan fingerprint density at radius 3 is 1.57 bits per heavy atom. The lowest BCUT2D eigenvalue weighted by molar-refractivity contribution is -0.344. The predicted molar refractivity (Wildman–Crippen MR) is 90.7 cm³/mol. The Morgan fingerprint density at radius 1 is 0.800 bits per heavy atom. The minimum atomic E-state index is -6.70. The summed E-state index contributed by atoms with van der Waals surface area (Å²) in [4.78, 5) is 11.4. The zero-order valence-corrected chi connectivity index (χ0v) is 15.6. The van der Waals surface area contributed by atoms with Gasteiger partial charge in [0.05, 0.1) is 0 Å². The van der Waals surface area contributed by atoms with Crippen molar-refractivity contribution in [3.63, 3.8) is 0 Å². The molecule has 0 radical (unpaired) electrons. The van der Waals surface area contributed by atoms with Crippen molar-refractivity contribution in [2.75, 3.05) is 6.29 Å². The number of rotatable bonds is 8. The van der Waals surface area contributed by atoms with Crippen LogP contribution in [0.4, 0.5) is 30.7 Å². The number of carbonyl (C=O) groups is 1. The lowest BCUT2D eigenvalue weighted by atomic mass is 10.1. The molecule has 2 aromatic rings. The Kier molecular flexibility index (Phi) is 6.70. The van der Waals surface area contributed by atoms with E-state index >= 15 is 0 Å². The maximum absolute atomic E-state index is 13.5. The summed E-state index contributed by atoms with van der Waals surface area (Å²) in [6, 6.07) is 14.0. The van der Waals surface area contributed by atoms with E-state index in [0.29, 0.717) is 0 Å². The highest BCUT2D eigenvalue weighted by molar-refractivity contribution is 7.54. The van der Waals surface area contributed by atoms with Crippen molar-refractivity contribution >= 4 is 13.5 Å². The minimum absolute atomic E-state index is 0.0987. The maximum atomic E-state index is 13.5. The number of carbonyl (C=O) groups excluding carboxylic acids is 1. The van der Waals surface area contributed by atoms with Gasteiger partial charge in [0.1, 0.15) is 17.8 Å². The van der Waals surface area contributed by atoms with E-state index in [0.717, 1.165) is 5.32 Å². The molecule has 0 aliphatic carbocycles. The van der Waals surface area contributed by atoms with Gasteiger partial charge in [0.15, 0.2) is 0 Å². The standard InChI is InChI=1S/C17H13F7NO4P/c18-15(19,16(20,21)17(22,23)24)14(26)25-11-30(27,28-12-7-3-1-4-8-12)29-13-9-5-2-6-10-13/h1-10H,11H2,(H,25,26). The topological polar surface area (TPSA) is 64.6 Å². The molecule has 2 rings (SSSR count). The van der Waals surface area contributed by atoms with E-state index in [2.05, 4.69) is 0 Å². The van der Waals surface area contributed by atoms with Crippen LogP contribution < -0.4 is 14.4 Å². The fourth-order valence-corrected chi connectivity index (χ4v) is 3.36. The first-order valence-electron chi connectivity index (χ1n) is 7.97. The molecule has 1 N–H and O–H groups in total. The van der Waals surface area contributed by atoms with E-state index in [4.69, 9.17) is 9.05 Å². The molecule has 0 saturated heterocycles. The molecule has 0 aromatic heterocycles. The fourth-order valence-electron chi connectivity index (χ4n) is 1.97. The molecule has 13 heteroatoms. The SMILES string of the molecule is O=C(NCP(=O)(Oc1ccccc1)Oc1ccccc1)C(F)(F)C(F)(F)C(F)(F)F. The van der Waals surface area contributed by atoms with E-state index in [-0.39, 0.29) is 11.5 Å². The molecule has 5 nitrogen and oxygen atoms in total. The summed E-state index contributed by atoms with van der Waals surface area (Å²) in [6.45, 7) is 0. The summed E-state index contributed by atoms with van der Waals surface area (Å²) in [5.41, 5.74) is 0. The van der Waals surface area contributed by atoms with Crippen LogP contribution >= 0.6 is 7.60 Å². The summed E-state index contributed by atoms with van der Waals surface area (Å²) >= 11 is 0. The molecule has 164 valence electrons. The highest BCUT2D eigenvalue weighted by atomic mass is 31.2. The van der Waals surface area contributed by atoms with Gasteiger partial charge in [0.2, 0.25) is 0 Å². The van der Waals surface area contributed by atoms with Gasteiger partial charge in [0, 0.05) is 0 Å². The summed E-state index contributed by atoms with van der Waals surface area (Å²) in [5.74, 6) is -16.0. The molecule has 0 unspecified atom stereocenters. The average molecular weight is 459 g/mol. The highest BCUT2D eigenvalue weighted by Crippen LogP contribution is 2.49. The summed E-state index contributed by atoms with van der Waals surface area (Å²) in [6.07, 6.45) is -8.11. The Morgan fingerprint density at radius 2 is 1.20 bits per heavy atom. The molecular weight excluding hydrogens is 446 g/mol. The third kappa shape index (κ3) is 5.24. The van der Waals surface area contributed by atoms with Crippen LogP contribution in [0.1, 0.15) is 0 Å². The van der Waals surface area contributed by atoms with Gasteiger partial charge in [-0.3, -0.25) is 4.79 Å². The molecule has 0 aliphatic heterocycles. The van der Waals surface area contributed by atoms with Crippen LogP contribution in [0.25, 0.3) is 0 Å². The highest BCUT2D eigenvalue weighted by Gasteiger charge is 2.76. The van der Waals surface area contributed by atoms with Crippen molar-refractivity contribution in [3.8, 4) is 11.5 Å². The second-order valence-electron chi connectivity index (χ2n) is 5.73. The first-order chi connectivity index (χ1) is 13.8. The van der Waals surface area contributed by atoms with Crippen LogP contribution in [0, 0.1) is 0 Å². The van der Waals surface area contributed by atoms with E-state index in [1.165, 1.54) is 48.5 Å². The Balaban J connectivity index is 2.23. The first kappa shape index (κ1) is 23.5. The molecule has 0 fully saturated rings. The molecule has 0 aliphatic rings. The molecule has 2 aromatic carbocycles. The number of amides is 1. The van der Waals surface area contributed by atoms with E-state index in [1.54, 1.807) is 12.1 Å². The normalized spacial score (nSPS) is 12.9. The lowest BCUT2D eigenvalue weighted by Gasteiger charge is -2.27. The number of hydrogen-bond acceptors (Lipinski definition) is 4. The second-order valence-corrected chi connectivity index (χ2v) is 7.63. The number of halogens is 7. The van der Waals surface area contributed by atoms with E-state index in [9.17, 15) is 40.1 Å². The molecular formula is C17H13F7NO4P. The third-order valence-electron chi connectivity index (χ3n) is 3.44. The Labute approximate surface area is 165 Å². The summed E-state index contributed by atoms with van der Waals surface area (Å²) < 4.78 is 113. The van der Waals surface area contributed by atoms with Gasteiger partial charge < -0.3 is 14.4 Å². The summed E-state index contributed by atoms with van der Waals surface area (Å²) in [7, 11) is -4.57. The smallest absolute Gasteiger partial charge is 0.415 e. The number of alkyl halides is 7. The maximum Gasteiger partial charge on any atom is 0.460 e.